The quantitative estimate of drug-likeness (QED) is 0.263. The number of ether oxygens (including phenoxy) is 4. The molecule has 3 heterocycles. The van der Waals surface area contributed by atoms with Gasteiger partial charge < -0.3 is 34.3 Å². The second kappa shape index (κ2) is 19.0. The molecule has 3 N–H and O–H groups in total. The molecule has 0 spiro atoms. The highest BCUT2D eigenvalue weighted by Gasteiger charge is 2.42. The van der Waals surface area contributed by atoms with Crippen LogP contribution in [0.25, 0.3) is 0 Å². The van der Waals surface area contributed by atoms with Crippen molar-refractivity contribution in [2.75, 3.05) is 6.61 Å². The predicted molar refractivity (Wildman–Crippen MR) is 181 cm³/mol. The number of cyclic esters (lactones) is 1. The Hall–Kier alpha value is -1.19. The maximum absolute atomic E-state index is 13.4. The van der Waals surface area contributed by atoms with Gasteiger partial charge in [0.15, 0.2) is 12.6 Å². The first-order valence-corrected chi connectivity index (χ1v) is 17.8. The molecule has 266 valence electrons. The summed E-state index contributed by atoms with van der Waals surface area (Å²) in [6.45, 7) is 27.1. The van der Waals surface area contributed by atoms with E-state index in [9.17, 15) is 15.0 Å². The maximum Gasteiger partial charge on any atom is 0.311 e. The topological polar surface area (TPSA) is 115 Å². The zero-order chi connectivity index (χ0) is 34.7. The van der Waals surface area contributed by atoms with E-state index in [1.807, 2.05) is 41.5 Å². The molecule has 0 aromatic carbocycles. The third kappa shape index (κ3) is 13.8. The number of aliphatic hydroxyl groups is 3. The molecule has 2 fully saturated rings. The lowest BCUT2D eigenvalue weighted by Crippen LogP contribution is -2.47. The van der Waals surface area contributed by atoms with Gasteiger partial charge in [-0.15, -0.1) is 0 Å². The SMILES string of the molecule is CC.CC1CCOC(O)C1.CCC1OC(=O)C(C)C(O[C@H]2CC(C)(C)CC(C)O2)C(C)CC(C)C/C(C)=C(\O)[C@H](C)C[C@]1(C)O. The molecule has 8 nitrogen and oxygen atoms in total. The zero-order valence-electron chi connectivity index (χ0n) is 31.0. The molecule has 0 radical (unpaired) electrons. The van der Waals surface area contributed by atoms with Crippen molar-refractivity contribution < 1.29 is 39.1 Å². The second-order valence-corrected chi connectivity index (χ2v) is 15.3. The Kier molecular flexibility index (Phi) is 17.6. The highest BCUT2D eigenvalue weighted by atomic mass is 16.7. The molecule has 3 aliphatic heterocycles. The average molecular weight is 643 g/mol. The fourth-order valence-corrected chi connectivity index (χ4v) is 7.38. The first-order chi connectivity index (χ1) is 20.8. The van der Waals surface area contributed by atoms with E-state index in [1.165, 1.54) is 0 Å². The van der Waals surface area contributed by atoms with Gasteiger partial charge in [0.1, 0.15) is 6.10 Å². The number of esters is 1. The molecular formula is C37H70O8. The van der Waals surface area contributed by atoms with Crippen molar-refractivity contribution in [1.29, 1.82) is 0 Å². The monoisotopic (exact) mass is 643 g/mol. The zero-order valence-corrected chi connectivity index (χ0v) is 31.0. The molecule has 3 rings (SSSR count). The van der Waals surface area contributed by atoms with E-state index in [2.05, 4.69) is 41.5 Å². The van der Waals surface area contributed by atoms with E-state index < -0.39 is 23.9 Å². The first kappa shape index (κ1) is 41.8. The van der Waals surface area contributed by atoms with Crippen LogP contribution in [0.1, 0.15) is 141 Å². The molecule has 0 aromatic rings. The van der Waals surface area contributed by atoms with Crippen molar-refractivity contribution in [1.82, 2.24) is 0 Å². The molecule has 0 bridgehead atoms. The normalized spacial score (nSPS) is 41.7. The van der Waals surface area contributed by atoms with Gasteiger partial charge in [-0.2, -0.15) is 0 Å². The van der Waals surface area contributed by atoms with Crippen LogP contribution in [0.2, 0.25) is 0 Å². The number of carbonyl (C=O) groups excluding carboxylic acids is 1. The minimum absolute atomic E-state index is 0.0763. The molecule has 0 aliphatic carbocycles. The summed E-state index contributed by atoms with van der Waals surface area (Å²) >= 11 is 0. The third-order valence-corrected chi connectivity index (χ3v) is 9.58. The molecule has 8 unspecified atom stereocenters. The van der Waals surface area contributed by atoms with Gasteiger partial charge in [0.2, 0.25) is 0 Å². The fourth-order valence-electron chi connectivity index (χ4n) is 7.38. The lowest BCUT2D eigenvalue weighted by molar-refractivity contribution is -0.249. The summed E-state index contributed by atoms with van der Waals surface area (Å²) in [5.41, 5.74) is -0.208. The molecule has 45 heavy (non-hydrogen) atoms. The number of aliphatic hydroxyl groups excluding tert-OH is 2. The van der Waals surface area contributed by atoms with E-state index >= 15 is 0 Å². The number of rotatable bonds is 3. The summed E-state index contributed by atoms with van der Waals surface area (Å²) in [5, 5.41) is 31.0. The van der Waals surface area contributed by atoms with Gasteiger partial charge in [0.25, 0.3) is 0 Å². The molecule has 0 amide bonds. The summed E-state index contributed by atoms with van der Waals surface area (Å²) in [4.78, 5) is 13.4. The summed E-state index contributed by atoms with van der Waals surface area (Å²) < 4.78 is 23.6. The number of carbonyl (C=O) groups is 1. The van der Waals surface area contributed by atoms with Gasteiger partial charge in [-0.05, 0) is 95.0 Å². The highest BCUT2D eigenvalue weighted by molar-refractivity contribution is 5.73. The van der Waals surface area contributed by atoms with Crippen molar-refractivity contribution in [3.63, 3.8) is 0 Å². The minimum atomic E-state index is -1.26. The van der Waals surface area contributed by atoms with Crippen LogP contribution >= 0.6 is 0 Å². The molecule has 0 aromatic heterocycles. The number of allylic oxidation sites excluding steroid dienone is 2. The van der Waals surface area contributed by atoms with Crippen molar-refractivity contribution >= 4 is 5.97 Å². The van der Waals surface area contributed by atoms with Gasteiger partial charge in [-0.3, -0.25) is 4.79 Å². The molecule has 3 aliphatic rings. The Morgan fingerprint density at radius 2 is 1.58 bits per heavy atom. The third-order valence-electron chi connectivity index (χ3n) is 9.58. The van der Waals surface area contributed by atoms with Gasteiger partial charge >= 0.3 is 5.97 Å². The van der Waals surface area contributed by atoms with Crippen LogP contribution in [0, 0.1) is 35.0 Å². The molecule has 2 saturated heterocycles. The number of hydrogen-bond acceptors (Lipinski definition) is 8. The Labute approximate surface area is 275 Å². The van der Waals surface area contributed by atoms with E-state index in [0.717, 1.165) is 50.7 Å². The van der Waals surface area contributed by atoms with Gasteiger partial charge in [-0.25, -0.2) is 0 Å². The molecular weight excluding hydrogens is 572 g/mol. The van der Waals surface area contributed by atoms with E-state index in [0.29, 0.717) is 30.4 Å². The van der Waals surface area contributed by atoms with Crippen molar-refractivity contribution in [2.24, 2.45) is 35.0 Å². The van der Waals surface area contributed by atoms with Crippen molar-refractivity contribution in [3.05, 3.63) is 11.3 Å². The van der Waals surface area contributed by atoms with E-state index in [1.54, 1.807) is 6.92 Å². The molecule has 11 atom stereocenters. The van der Waals surface area contributed by atoms with E-state index in [4.69, 9.17) is 24.1 Å². The molecule has 8 heteroatoms. The van der Waals surface area contributed by atoms with Gasteiger partial charge in [0, 0.05) is 25.4 Å². The van der Waals surface area contributed by atoms with Crippen LogP contribution in [-0.4, -0.2) is 64.4 Å². The fraction of sp³-hybridized carbons (Fsp3) is 0.919. The maximum atomic E-state index is 13.4. The van der Waals surface area contributed by atoms with Crippen LogP contribution < -0.4 is 0 Å². The van der Waals surface area contributed by atoms with Crippen LogP contribution in [0.4, 0.5) is 0 Å². The lowest BCUT2D eigenvalue weighted by Gasteiger charge is -2.42. The summed E-state index contributed by atoms with van der Waals surface area (Å²) in [6.07, 6.45) is 4.24. The Balaban J connectivity index is 0.000000864. The minimum Gasteiger partial charge on any atom is -0.512 e. The Morgan fingerprint density at radius 3 is 2.09 bits per heavy atom. The smallest absolute Gasteiger partial charge is 0.311 e. The van der Waals surface area contributed by atoms with E-state index in [-0.39, 0.29) is 41.7 Å². The average Bonchev–Trinajstić information content (AvgIpc) is 2.92. The Bertz CT molecular complexity index is 891. The molecule has 0 saturated carbocycles. The van der Waals surface area contributed by atoms with Crippen molar-refractivity contribution in [3.8, 4) is 0 Å². The summed E-state index contributed by atoms with van der Waals surface area (Å²) in [5.74, 6) is 0.250. The van der Waals surface area contributed by atoms with Crippen molar-refractivity contribution in [2.45, 2.75) is 178 Å². The van der Waals surface area contributed by atoms with Crippen LogP contribution in [0.3, 0.4) is 0 Å². The summed E-state index contributed by atoms with van der Waals surface area (Å²) in [6, 6.07) is 0. The number of hydrogen-bond donors (Lipinski definition) is 3. The van der Waals surface area contributed by atoms with Gasteiger partial charge in [-0.1, -0.05) is 62.3 Å². The highest BCUT2D eigenvalue weighted by Crippen LogP contribution is 2.39. The predicted octanol–water partition coefficient (Wildman–Crippen LogP) is 8.33. The van der Waals surface area contributed by atoms with Crippen LogP contribution in [0.5, 0.6) is 0 Å². The summed E-state index contributed by atoms with van der Waals surface area (Å²) in [7, 11) is 0. The lowest BCUT2D eigenvalue weighted by atomic mass is 9.80. The Morgan fingerprint density at radius 1 is 0.956 bits per heavy atom. The largest absolute Gasteiger partial charge is 0.512 e. The first-order valence-electron chi connectivity index (χ1n) is 17.8. The van der Waals surface area contributed by atoms with Crippen LogP contribution in [0.15, 0.2) is 11.3 Å². The standard InChI is InChI=1S/C29H52O6.C6H12O2.C2H6/c1-11-23-29(10,32)14-20(5)25(30)18(3)12-17(2)13-19(4)26(22(7)27(31)34-23)35-24-16-28(8,9)15-21(6)33-24;1-5-2-3-8-6(7)4-5;1-2/h17,19-24,26,30,32H,11-16H2,1-10H3;5-7H,2-4H2,1H3;1-2H3/b25-18-;;/t17?,19?,20-,21?,22?,23?,24+,26?,29+;;/m1../s1. The van der Waals surface area contributed by atoms with Gasteiger partial charge in [0.05, 0.1) is 29.5 Å². The second-order valence-electron chi connectivity index (χ2n) is 15.3. The van der Waals surface area contributed by atoms with Crippen LogP contribution in [-0.2, 0) is 23.7 Å².